The maximum absolute atomic E-state index is 10.0. The zero-order chi connectivity index (χ0) is 22.7. The van der Waals surface area contributed by atoms with E-state index in [0.717, 1.165) is 61.6 Å². The summed E-state index contributed by atoms with van der Waals surface area (Å²) >= 11 is 0. The summed E-state index contributed by atoms with van der Waals surface area (Å²) in [5.74, 6) is 0.00587. The number of phenols is 2. The van der Waals surface area contributed by atoms with Crippen LogP contribution in [0.5, 0.6) is 11.5 Å². The first-order chi connectivity index (χ1) is 14.1. The molecule has 0 spiro atoms. The second-order valence-corrected chi connectivity index (χ2v) is 8.93. The Balaban J connectivity index is 2.45. The Morgan fingerprint density at radius 1 is 0.700 bits per heavy atom. The van der Waals surface area contributed by atoms with E-state index in [9.17, 15) is 10.2 Å². The van der Waals surface area contributed by atoms with Crippen molar-refractivity contribution in [1.82, 2.24) is 0 Å². The van der Waals surface area contributed by atoms with Crippen LogP contribution in [0.15, 0.2) is 52.7 Å². The first-order valence-corrected chi connectivity index (χ1v) is 11.2. The minimum Gasteiger partial charge on any atom is -0.504 e. The van der Waals surface area contributed by atoms with E-state index in [4.69, 9.17) is 0 Å². The molecule has 0 aromatic heterocycles. The fourth-order valence-electron chi connectivity index (χ4n) is 3.44. The summed E-state index contributed by atoms with van der Waals surface area (Å²) in [5, 5.41) is 19.8. The van der Waals surface area contributed by atoms with Crippen molar-refractivity contribution in [2.24, 2.45) is 0 Å². The van der Waals surface area contributed by atoms with Gasteiger partial charge in [0.2, 0.25) is 0 Å². The lowest BCUT2D eigenvalue weighted by atomic mass is 9.98. The molecular formula is C28H42O2. The molecule has 166 valence electrons. The largest absolute Gasteiger partial charge is 0.504 e. The maximum atomic E-state index is 10.0. The molecule has 2 nitrogen and oxygen atoms in total. The molecule has 1 aromatic rings. The minimum atomic E-state index is -0.00417. The van der Waals surface area contributed by atoms with Crippen LogP contribution in [-0.2, 0) is 6.42 Å². The van der Waals surface area contributed by atoms with Gasteiger partial charge in [-0.2, -0.15) is 0 Å². The lowest BCUT2D eigenvalue weighted by molar-refractivity contribution is 0.398. The van der Waals surface area contributed by atoms with Crippen LogP contribution in [-0.4, -0.2) is 10.2 Å². The van der Waals surface area contributed by atoms with Gasteiger partial charge in [-0.25, -0.2) is 0 Å². The van der Waals surface area contributed by atoms with Crippen molar-refractivity contribution in [3.05, 3.63) is 69.4 Å². The van der Waals surface area contributed by atoms with Gasteiger partial charge in [-0.15, -0.1) is 0 Å². The van der Waals surface area contributed by atoms with Gasteiger partial charge >= 0.3 is 0 Å². The number of aryl methyl sites for hydroxylation is 1. The predicted molar refractivity (Wildman–Crippen MR) is 131 cm³/mol. The van der Waals surface area contributed by atoms with E-state index >= 15 is 0 Å². The molecule has 2 N–H and O–H groups in total. The Hall–Kier alpha value is -2.22. The number of aromatic hydroxyl groups is 2. The molecule has 30 heavy (non-hydrogen) atoms. The quantitative estimate of drug-likeness (QED) is 0.284. The Labute approximate surface area is 184 Å². The molecule has 2 heteroatoms. The van der Waals surface area contributed by atoms with Crippen molar-refractivity contribution in [3.63, 3.8) is 0 Å². The van der Waals surface area contributed by atoms with Gasteiger partial charge in [0.25, 0.3) is 0 Å². The van der Waals surface area contributed by atoms with Crippen molar-refractivity contribution in [2.75, 3.05) is 0 Å². The smallest absolute Gasteiger partial charge is 0.160 e. The first kappa shape index (κ1) is 25.8. The standard InChI is InChI=1S/C28H42O2/c1-20(2)11-8-12-21(3)13-9-14-22(4)15-10-16-23(5)17-18-26-19-24(6)27(29)28(30)25(26)7/h11,13,15,17,19,29-30H,8-10,12,14,16,18H2,1-7H3/b21-13+,22-15+,23-17+. The van der Waals surface area contributed by atoms with E-state index in [1.807, 2.05) is 19.9 Å². The van der Waals surface area contributed by atoms with E-state index in [2.05, 4.69) is 58.9 Å². The highest BCUT2D eigenvalue weighted by Crippen LogP contribution is 2.34. The van der Waals surface area contributed by atoms with Crippen LogP contribution in [0.25, 0.3) is 0 Å². The highest BCUT2D eigenvalue weighted by molar-refractivity contribution is 5.53. The van der Waals surface area contributed by atoms with E-state index in [0.29, 0.717) is 0 Å². The number of rotatable bonds is 11. The van der Waals surface area contributed by atoms with Crippen LogP contribution >= 0.6 is 0 Å². The van der Waals surface area contributed by atoms with Crippen molar-refractivity contribution >= 4 is 0 Å². The number of hydrogen-bond acceptors (Lipinski definition) is 2. The van der Waals surface area contributed by atoms with Gasteiger partial charge in [0.05, 0.1) is 0 Å². The molecule has 0 atom stereocenters. The first-order valence-electron chi connectivity index (χ1n) is 11.2. The van der Waals surface area contributed by atoms with Crippen LogP contribution in [0.3, 0.4) is 0 Å². The molecule has 0 unspecified atom stereocenters. The van der Waals surface area contributed by atoms with Crippen LogP contribution in [0, 0.1) is 13.8 Å². The van der Waals surface area contributed by atoms with Gasteiger partial charge < -0.3 is 10.2 Å². The molecule has 0 fully saturated rings. The zero-order valence-corrected chi connectivity index (χ0v) is 20.2. The van der Waals surface area contributed by atoms with Crippen molar-refractivity contribution in [1.29, 1.82) is 0 Å². The molecule has 0 radical (unpaired) electrons. The molecule has 0 amide bonds. The Morgan fingerprint density at radius 3 is 1.67 bits per heavy atom. The molecular weight excluding hydrogens is 368 g/mol. The molecule has 1 aromatic carbocycles. The van der Waals surface area contributed by atoms with Crippen molar-refractivity contribution < 1.29 is 10.2 Å². The molecule has 0 aliphatic rings. The SMILES string of the molecule is CC(C)=CCC/C(C)=C/CC/C(C)=C/CC/C(C)=C/Cc1cc(C)c(O)c(O)c1C. The maximum Gasteiger partial charge on any atom is 0.160 e. The van der Waals surface area contributed by atoms with Gasteiger partial charge in [-0.05, 0) is 110 Å². The van der Waals surface area contributed by atoms with Crippen LogP contribution in [0.4, 0.5) is 0 Å². The molecule has 0 saturated heterocycles. The summed E-state index contributed by atoms with van der Waals surface area (Å²) in [6.45, 7) is 14.6. The molecule has 0 aliphatic carbocycles. The minimum absolute atomic E-state index is 0.00417. The summed E-state index contributed by atoms with van der Waals surface area (Å²) < 4.78 is 0. The zero-order valence-electron chi connectivity index (χ0n) is 20.2. The van der Waals surface area contributed by atoms with Crippen LogP contribution in [0.1, 0.15) is 89.8 Å². The average molecular weight is 411 g/mol. The molecule has 0 heterocycles. The third kappa shape index (κ3) is 9.52. The second kappa shape index (κ2) is 13.2. The normalized spacial score (nSPS) is 13.0. The molecule has 1 rings (SSSR count). The van der Waals surface area contributed by atoms with Crippen molar-refractivity contribution in [3.8, 4) is 11.5 Å². The summed E-state index contributed by atoms with van der Waals surface area (Å²) in [4.78, 5) is 0. The van der Waals surface area contributed by atoms with E-state index in [1.165, 1.54) is 22.3 Å². The highest BCUT2D eigenvalue weighted by Gasteiger charge is 2.10. The topological polar surface area (TPSA) is 40.5 Å². The molecule has 0 bridgehead atoms. The second-order valence-electron chi connectivity index (χ2n) is 8.93. The van der Waals surface area contributed by atoms with E-state index in [1.54, 1.807) is 0 Å². The Morgan fingerprint density at radius 2 is 1.17 bits per heavy atom. The van der Waals surface area contributed by atoms with Gasteiger partial charge in [0.1, 0.15) is 0 Å². The van der Waals surface area contributed by atoms with Gasteiger partial charge in [0.15, 0.2) is 11.5 Å². The fourth-order valence-corrected chi connectivity index (χ4v) is 3.44. The molecule has 0 aliphatic heterocycles. The monoisotopic (exact) mass is 410 g/mol. The third-order valence-corrected chi connectivity index (χ3v) is 5.65. The lowest BCUT2D eigenvalue weighted by Crippen LogP contribution is -1.92. The van der Waals surface area contributed by atoms with Gasteiger partial charge in [-0.1, -0.05) is 52.7 Å². The Kier molecular flexibility index (Phi) is 11.3. The lowest BCUT2D eigenvalue weighted by Gasteiger charge is -2.10. The van der Waals surface area contributed by atoms with Crippen LogP contribution < -0.4 is 0 Å². The summed E-state index contributed by atoms with van der Waals surface area (Å²) in [6.07, 6.45) is 16.8. The fraction of sp³-hybridized carbons (Fsp3) is 0.500. The average Bonchev–Trinajstić information content (AvgIpc) is 2.67. The number of allylic oxidation sites excluding steroid dienone is 8. The van der Waals surface area contributed by atoms with E-state index in [-0.39, 0.29) is 11.5 Å². The summed E-state index contributed by atoms with van der Waals surface area (Å²) in [6, 6.07) is 1.97. The Bertz CT molecular complexity index is 816. The number of benzene rings is 1. The third-order valence-electron chi connectivity index (χ3n) is 5.65. The summed E-state index contributed by atoms with van der Waals surface area (Å²) in [5.41, 5.74) is 8.27. The summed E-state index contributed by atoms with van der Waals surface area (Å²) in [7, 11) is 0. The number of phenolic OH excluding ortho intramolecular Hbond substituents is 2. The highest BCUT2D eigenvalue weighted by atomic mass is 16.3. The van der Waals surface area contributed by atoms with Crippen LogP contribution in [0.2, 0.25) is 0 Å². The van der Waals surface area contributed by atoms with Gasteiger partial charge in [-0.3, -0.25) is 0 Å². The predicted octanol–water partition coefficient (Wildman–Crippen LogP) is 8.40. The number of hydrogen-bond donors (Lipinski definition) is 2. The van der Waals surface area contributed by atoms with Crippen molar-refractivity contribution in [2.45, 2.75) is 93.4 Å². The molecule has 0 saturated carbocycles. The van der Waals surface area contributed by atoms with Gasteiger partial charge in [0, 0.05) is 0 Å². The van der Waals surface area contributed by atoms with E-state index < -0.39 is 0 Å².